The Kier molecular flexibility index (Phi) is 5.65. The molecule has 0 heterocycles. The van der Waals surface area contributed by atoms with E-state index in [4.69, 9.17) is 5.73 Å². The largest absolute Gasteiger partial charge is 0.342 e. The zero-order chi connectivity index (χ0) is 13.9. The molecule has 1 aromatic rings. The normalized spacial score (nSPS) is 18.7. The van der Waals surface area contributed by atoms with E-state index in [1.807, 2.05) is 30.3 Å². The molecule has 4 heteroatoms. The Morgan fingerprint density at radius 1 is 1.10 bits per heavy atom. The third-order valence-corrected chi connectivity index (χ3v) is 4.40. The molecule has 0 aromatic heterocycles. The minimum Gasteiger partial charge on any atom is -0.342 e. The molecule has 2 saturated carbocycles. The third-order valence-electron chi connectivity index (χ3n) is 4.40. The van der Waals surface area contributed by atoms with Gasteiger partial charge in [-0.05, 0) is 43.1 Å². The number of halogens is 1. The Morgan fingerprint density at radius 2 is 1.62 bits per heavy atom. The highest BCUT2D eigenvalue weighted by molar-refractivity contribution is 5.85. The Labute approximate surface area is 133 Å². The van der Waals surface area contributed by atoms with Crippen molar-refractivity contribution in [2.75, 3.05) is 19.6 Å². The second-order valence-corrected chi connectivity index (χ2v) is 6.33. The van der Waals surface area contributed by atoms with Crippen molar-refractivity contribution in [3.8, 4) is 0 Å². The van der Waals surface area contributed by atoms with E-state index in [2.05, 4.69) is 4.90 Å². The van der Waals surface area contributed by atoms with Gasteiger partial charge in [-0.1, -0.05) is 30.3 Å². The van der Waals surface area contributed by atoms with Gasteiger partial charge in [0.15, 0.2) is 0 Å². The van der Waals surface area contributed by atoms with E-state index < -0.39 is 0 Å². The first kappa shape index (κ1) is 16.3. The van der Waals surface area contributed by atoms with Crippen molar-refractivity contribution < 1.29 is 4.79 Å². The van der Waals surface area contributed by atoms with Crippen molar-refractivity contribution in [1.82, 2.24) is 4.90 Å². The standard InChI is InChI=1S/C17H24N2O.ClH/c18-10-16(15-4-2-1-3-5-15)17(20)19(11-13-6-7-13)12-14-8-9-14;/h1-5,13-14,16H,6-12,18H2;1H. The van der Waals surface area contributed by atoms with Crippen LogP contribution in [0.2, 0.25) is 0 Å². The molecule has 2 aliphatic carbocycles. The zero-order valence-electron chi connectivity index (χ0n) is 12.4. The van der Waals surface area contributed by atoms with Crippen molar-refractivity contribution >= 4 is 18.3 Å². The first-order valence-corrected chi connectivity index (χ1v) is 7.81. The lowest BCUT2D eigenvalue weighted by molar-refractivity contribution is -0.133. The molecule has 3 nitrogen and oxygen atoms in total. The monoisotopic (exact) mass is 308 g/mol. The van der Waals surface area contributed by atoms with Gasteiger partial charge >= 0.3 is 0 Å². The summed E-state index contributed by atoms with van der Waals surface area (Å²) < 4.78 is 0. The maximum Gasteiger partial charge on any atom is 0.231 e. The summed E-state index contributed by atoms with van der Waals surface area (Å²) in [4.78, 5) is 14.9. The molecule has 0 spiro atoms. The van der Waals surface area contributed by atoms with Gasteiger partial charge in [-0.25, -0.2) is 0 Å². The number of nitrogens with zero attached hydrogens (tertiary/aromatic N) is 1. The molecule has 1 unspecified atom stereocenters. The highest BCUT2D eigenvalue weighted by Crippen LogP contribution is 2.34. The van der Waals surface area contributed by atoms with Gasteiger partial charge in [-0.15, -0.1) is 12.4 Å². The fourth-order valence-corrected chi connectivity index (χ4v) is 2.76. The van der Waals surface area contributed by atoms with Crippen molar-refractivity contribution in [1.29, 1.82) is 0 Å². The van der Waals surface area contributed by atoms with E-state index in [1.54, 1.807) is 0 Å². The van der Waals surface area contributed by atoms with Crippen molar-refractivity contribution in [2.24, 2.45) is 17.6 Å². The number of carbonyl (C=O) groups excluding carboxylic acids is 1. The first-order valence-electron chi connectivity index (χ1n) is 7.81. The molecule has 21 heavy (non-hydrogen) atoms. The van der Waals surface area contributed by atoms with E-state index in [0.29, 0.717) is 6.54 Å². The Morgan fingerprint density at radius 3 is 2.05 bits per heavy atom. The molecule has 1 amide bonds. The molecule has 3 rings (SSSR count). The zero-order valence-corrected chi connectivity index (χ0v) is 13.2. The minimum atomic E-state index is -0.173. The van der Waals surface area contributed by atoms with Crippen molar-refractivity contribution in [3.63, 3.8) is 0 Å². The molecular formula is C17H25ClN2O. The lowest BCUT2D eigenvalue weighted by Crippen LogP contribution is -2.40. The molecule has 0 aliphatic heterocycles. The number of amides is 1. The fourth-order valence-electron chi connectivity index (χ4n) is 2.76. The molecule has 0 saturated heterocycles. The average Bonchev–Trinajstić information content (AvgIpc) is 3.35. The highest BCUT2D eigenvalue weighted by Gasteiger charge is 2.34. The maximum absolute atomic E-state index is 12.8. The van der Waals surface area contributed by atoms with Gasteiger partial charge < -0.3 is 10.6 Å². The van der Waals surface area contributed by atoms with Crippen LogP contribution in [0.25, 0.3) is 0 Å². The van der Waals surface area contributed by atoms with Crippen LogP contribution in [0.1, 0.15) is 37.2 Å². The topological polar surface area (TPSA) is 46.3 Å². The van der Waals surface area contributed by atoms with E-state index in [9.17, 15) is 4.79 Å². The van der Waals surface area contributed by atoms with Crippen molar-refractivity contribution in [2.45, 2.75) is 31.6 Å². The second-order valence-electron chi connectivity index (χ2n) is 6.33. The SMILES string of the molecule is Cl.NCC(C(=O)N(CC1CC1)CC1CC1)c1ccccc1. The van der Waals surface area contributed by atoms with Crippen molar-refractivity contribution in [3.05, 3.63) is 35.9 Å². The molecule has 2 aliphatic rings. The molecule has 2 fully saturated rings. The van der Waals surface area contributed by atoms with Crippen LogP contribution >= 0.6 is 12.4 Å². The summed E-state index contributed by atoms with van der Waals surface area (Å²) in [7, 11) is 0. The van der Waals surface area contributed by atoms with Gasteiger partial charge in [0.25, 0.3) is 0 Å². The Bertz CT molecular complexity index is 443. The number of carbonyl (C=O) groups is 1. The van der Waals surface area contributed by atoms with Gasteiger partial charge in [-0.2, -0.15) is 0 Å². The van der Waals surface area contributed by atoms with Crippen LogP contribution in [0.3, 0.4) is 0 Å². The number of rotatable bonds is 7. The summed E-state index contributed by atoms with van der Waals surface area (Å²) in [5.74, 6) is 1.55. The van der Waals surface area contributed by atoms with Crippen LogP contribution in [0.15, 0.2) is 30.3 Å². The number of nitrogens with two attached hydrogens (primary N) is 1. The number of benzene rings is 1. The Balaban J connectivity index is 0.00000161. The van der Waals surface area contributed by atoms with Crippen LogP contribution in [-0.2, 0) is 4.79 Å². The Hall–Kier alpha value is -1.06. The summed E-state index contributed by atoms with van der Waals surface area (Å²) in [5, 5.41) is 0. The van der Waals surface area contributed by atoms with E-state index in [-0.39, 0.29) is 24.2 Å². The predicted octanol–water partition coefficient (Wildman–Crippen LogP) is 2.80. The quantitative estimate of drug-likeness (QED) is 0.842. The molecule has 1 aromatic carbocycles. The van der Waals surface area contributed by atoms with Crippen LogP contribution in [0, 0.1) is 11.8 Å². The average molecular weight is 309 g/mol. The minimum absolute atomic E-state index is 0. The second kappa shape index (κ2) is 7.28. The maximum atomic E-state index is 12.8. The molecule has 1 atom stereocenters. The molecule has 2 N–H and O–H groups in total. The first-order chi connectivity index (χ1) is 9.78. The van der Waals surface area contributed by atoms with Gasteiger partial charge in [0.2, 0.25) is 5.91 Å². The molecule has 0 bridgehead atoms. The van der Waals surface area contributed by atoms with Gasteiger partial charge in [0.05, 0.1) is 5.92 Å². The summed E-state index contributed by atoms with van der Waals surface area (Å²) >= 11 is 0. The molecular weight excluding hydrogens is 284 g/mol. The van der Waals surface area contributed by atoms with Gasteiger partial charge in [0, 0.05) is 19.6 Å². The van der Waals surface area contributed by atoms with E-state index in [0.717, 1.165) is 30.5 Å². The van der Waals surface area contributed by atoms with E-state index >= 15 is 0 Å². The summed E-state index contributed by atoms with van der Waals surface area (Å²) in [6.45, 7) is 2.28. The fraction of sp³-hybridized carbons (Fsp3) is 0.588. The molecule has 0 radical (unpaired) electrons. The smallest absolute Gasteiger partial charge is 0.231 e. The third kappa shape index (κ3) is 4.45. The van der Waals surface area contributed by atoms with Crippen LogP contribution in [-0.4, -0.2) is 30.4 Å². The predicted molar refractivity (Wildman–Crippen MR) is 87.5 cm³/mol. The lowest BCUT2D eigenvalue weighted by Gasteiger charge is -2.27. The summed E-state index contributed by atoms with van der Waals surface area (Å²) in [6, 6.07) is 9.98. The highest BCUT2D eigenvalue weighted by atomic mass is 35.5. The summed E-state index contributed by atoms with van der Waals surface area (Å²) in [6.07, 6.45) is 5.14. The number of hydrogen-bond acceptors (Lipinski definition) is 2. The van der Waals surface area contributed by atoms with Gasteiger partial charge in [0.1, 0.15) is 0 Å². The van der Waals surface area contributed by atoms with Gasteiger partial charge in [-0.3, -0.25) is 4.79 Å². The van der Waals surface area contributed by atoms with Crippen LogP contribution < -0.4 is 5.73 Å². The molecule has 116 valence electrons. The van der Waals surface area contributed by atoms with E-state index in [1.165, 1.54) is 25.7 Å². The van der Waals surface area contributed by atoms with Crippen LogP contribution in [0.5, 0.6) is 0 Å². The number of hydrogen-bond donors (Lipinski definition) is 1. The van der Waals surface area contributed by atoms with Crippen LogP contribution in [0.4, 0.5) is 0 Å². The lowest BCUT2D eigenvalue weighted by atomic mass is 9.97. The summed E-state index contributed by atoms with van der Waals surface area (Å²) in [5.41, 5.74) is 6.94.